The van der Waals surface area contributed by atoms with E-state index in [0.29, 0.717) is 0 Å². The standard InChI is InChI=1S/C44H3B28N5/c1-2-4(45)6(47)7(48)5(46)3-74-37-24(65)14(55)9(50)19(60)31(37)72-32-20(61)10(51)15(56)25(66)39(32)75(35-22(63)12(53)8(49)13(54)23(35)64)40-30(71)36(29(70)38(74)33(40)72)76-42-27(68)17(58)18(59)28(69)43(42)77-41-26(67)16(57)11(52)21(62)34(41)73-44(76)77/h1H,3H2/b6-4-,7-5-. The number of rotatable bonds is 5. The molecule has 6 aromatic carbocycles. The Kier molecular flexibility index (Phi) is 13.5. The highest BCUT2D eigenvalue weighted by Crippen LogP contribution is 2.39. The second kappa shape index (κ2) is 18.8. The number of hydrogen-bond acceptors (Lipinski definition) is 3. The van der Waals surface area contributed by atoms with Gasteiger partial charge in [-0.2, -0.15) is 0 Å². The lowest BCUT2D eigenvalue weighted by Gasteiger charge is -2.50. The van der Waals surface area contributed by atoms with Gasteiger partial charge in [-0.3, -0.25) is 8.97 Å². The summed E-state index contributed by atoms with van der Waals surface area (Å²) >= 11 is 0. The van der Waals surface area contributed by atoms with Gasteiger partial charge in [-0.05, 0) is 5.46 Å². The van der Waals surface area contributed by atoms with Crippen LogP contribution in [0, 0.1) is 12.3 Å². The zero-order chi connectivity index (χ0) is 56.7. The summed E-state index contributed by atoms with van der Waals surface area (Å²) in [6, 6.07) is 0. The molecule has 0 aliphatic carbocycles. The van der Waals surface area contributed by atoms with Crippen LogP contribution in [0.4, 0.5) is 28.4 Å². The van der Waals surface area contributed by atoms with E-state index in [2.05, 4.69) is 5.92 Å². The highest BCUT2D eigenvalue weighted by molar-refractivity contribution is 7.06. The van der Waals surface area contributed by atoms with Gasteiger partial charge in [0.15, 0.2) is 0 Å². The fourth-order valence-electron chi connectivity index (χ4n) is 10.7. The third-order valence-corrected chi connectivity index (χ3v) is 14.7. The Morgan fingerprint density at radius 1 is 0.377 bits per heavy atom. The molecule has 8 aromatic rings. The smallest absolute Gasteiger partial charge is 0.250 e. The molecular formula is C44H3B28N5. The van der Waals surface area contributed by atoms with Crippen molar-refractivity contribution in [1.82, 2.24) is 14.0 Å². The van der Waals surface area contributed by atoms with Crippen LogP contribution < -0.4 is 152 Å². The molecule has 2 aliphatic rings. The minimum atomic E-state index is -1.31. The molecule has 0 saturated carbocycles. The first-order chi connectivity index (χ1) is 36.0. The summed E-state index contributed by atoms with van der Waals surface area (Å²) in [6.07, 6.45) is 5.63. The maximum Gasteiger partial charge on any atom is 0.250 e. The lowest BCUT2D eigenvalue weighted by molar-refractivity contribution is 1.08. The number of nitrogens with zero attached hydrogens (tertiary/aromatic N) is 5. The van der Waals surface area contributed by atoms with Gasteiger partial charge in [-0.15, -0.1) is 93.9 Å². The van der Waals surface area contributed by atoms with E-state index in [1.165, 1.54) is 18.8 Å². The first kappa shape index (κ1) is 55.4. The Hall–Kier alpha value is -4.95. The van der Waals surface area contributed by atoms with Crippen LogP contribution in [0.1, 0.15) is 0 Å². The van der Waals surface area contributed by atoms with E-state index < -0.39 is 13.3 Å². The van der Waals surface area contributed by atoms with Crippen molar-refractivity contribution in [1.29, 1.82) is 0 Å². The van der Waals surface area contributed by atoms with Crippen molar-refractivity contribution in [3.05, 3.63) is 21.9 Å². The van der Waals surface area contributed by atoms with Crippen molar-refractivity contribution < 1.29 is 0 Å². The van der Waals surface area contributed by atoms with Crippen LogP contribution in [0.2, 0.25) is 0 Å². The Balaban J connectivity index is 1.55. The number of terminal acetylenes is 1. The van der Waals surface area contributed by atoms with Crippen molar-refractivity contribution in [2.24, 2.45) is 0 Å². The van der Waals surface area contributed by atoms with Gasteiger partial charge in [0.25, 0.3) is 0 Å². The zero-order valence-corrected chi connectivity index (χ0v) is 40.7. The number of allylic oxidation sites excluding steroid dienone is 3. The van der Waals surface area contributed by atoms with Crippen LogP contribution in [0.25, 0.3) is 33.5 Å². The van der Waals surface area contributed by atoms with E-state index >= 15 is 0 Å². The number of aromatic nitrogens is 3. The molecule has 0 fully saturated rings. The second-order valence-corrected chi connectivity index (χ2v) is 18.6. The van der Waals surface area contributed by atoms with E-state index in [1.54, 1.807) is 0 Å². The minimum Gasteiger partial charge on any atom is -0.340 e. The first-order valence-electron chi connectivity index (χ1n) is 22.5. The molecule has 0 N–H and O–H groups in total. The van der Waals surface area contributed by atoms with Crippen molar-refractivity contribution in [3.8, 4) is 18.0 Å². The molecule has 2 aliphatic heterocycles. The molecule has 10 rings (SSSR count). The Morgan fingerprint density at radius 3 is 1.27 bits per heavy atom. The summed E-state index contributed by atoms with van der Waals surface area (Å²) < 4.78 is 2.90. The maximum absolute atomic E-state index is 7.80. The highest BCUT2D eigenvalue weighted by Gasteiger charge is 2.48. The molecule has 0 saturated heterocycles. The SMILES string of the molecule is [B]/C(C#C)=C([B])/C([B])=C(/[B])CN1c2c([B])c([B])c([B])c([B])c2B2c3c([B])c([B])c([B])c([B])c3N(c3c([B])c([B])c([B])c([B])c3[B])c3c([B])c(-n4c5c([B])c([B])c([B])c([B])c5n5c6c([B])c([B])c([B])c([B])c6nc45)c([B])c1c32. The number of imidazole rings is 2. The summed E-state index contributed by atoms with van der Waals surface area (Å²) in [4.78, 5) is 7.92. The number of anilines is 5. The van der Waals surface area contributed by atoms with Gasteiger partial charge in [-0.1, -0.05) is 76.9 Å². The first-order valence-corrected chi connectivity index (χ1v) is 22.5. The minimum absolute atomic E-state index is 0.00340. The Labute approximate surface area is 483 Å². The van der Waals surface area contributed by atoms with E-state index in [-0.39, 0.29) is 226 Å². The fraction of sp³-hybridized carbons (Fsp3) is 0.0227. The summed E-state index contributed by atoms with van der Waals surface area (Å²) in [5.41, 5.74) is -4.41. The molecule has 77 heavy (non-hydrogen) atoms. The molecule has 54 radical (unpaired) electrons. The molecule has 0 bridgehead atoms. The molecule has 288 valence electrons. The number of fused-ring (bicyclic) bond motifs is 9. The van der Waals surface area contributed by atoms with Gasteiger partial charge in [0.05, 0.1) is 22.1 Å². The quantitative estimate of drug-likeness (QED) is 0.0979. The molecule has 5 nitrogen and oxygen atoms in total. The van der Waals surface area contributed by atoms with E-state index in [4.69, 9.17) is 223 Å². The third-order valence-electron chi connectivity index (χ3n) is 14.7. The van der Waals surface area contributed by atoms with Crippen LogP contribution in [0.15, 0.2) is 21.9 Å². The average Bonchev–Trinajstić information content (AvgIpc) is 3.99. The Morgan fingerprint density at radius 2 is 0.753 bits per heavy atom. The van der Waals surface area contributed by atoms with Crippen molar-refractivity contribution in [3.63, 3.8) is 0 Å². The van der Waals surface area contributed by atoms with Crippen LogP contribution in [-0.2, 0) is 0 Å². The highest BCUT2D eigenvalue weighted by atomic mass is 15.2. The summed E-state index contributed by atoms with van der Waals surface area (Å²) in [5.74, 6) is 2.17. The maximum atomic E-state index is 7.80. The van der Waals surface area contributed by atoms with Gasteiger partial charge in [0.1, 0.15) is 212 Å². The van der Waals surface area contributed by atoms with Gasteiger partial charge < -0.3 is 9.80 Å². The van der Waals surface area contributed by atoms with Gasteiger partial charge >= 0.3 is 0 Å². The third kappa shape index (κ3) is 7.19. The van der Waals surface area contributed by atoms with E-state index in [9.17, 15) is 0 Å². The molecule has 0 amide bonds. The second-order valence-electron chi connectivity index (χ2n) is 18.6. The van der Waals surface area contributed by atoms with E-state index in [0.717, 1.165) is 0 Å². The predicted molar refractivity (Wildman–Crippen MR) is 352 cm³/mol. The summed E-state index contributed by atoms with van der Waals surface area (Å²) in [5, 5.41) is 0. The van der Waals surface area contributed by atoms with Crippen molar-refractivity contribution >= 4 is 417 Å². The number of hydrogen-bond donors (Lipinski definition) is 0. The molecule has 0 unspecified atom stereocenters. The molecule has 33 heteroatoms. The molecule has 0 spiro atoms. The summed E-state index contributed by atoms with van der Waals surface area (Å²) in [6.45, 7) is -1.80. The van der Waals surface area contributed by atoms with Gasteiger partial charge in [0, 0.05) is 40.7 Å². The molecule has 2 aromatic heterocycles. The van der Waals surface area contributed by atoms with Crippen molar-refractivity contribution in [2.45, 2.75) is 0 Å². The molecule has 4 heterocycles. The lowest BCUT2D eigenvalue weighted by Crippen LogP contribution is -2.76. The van der Waals surface area contributed by atoms with Gasteiger partial charge in [0.2, 0.25) is 12.5 Å². The normalized spacial score (nSPS) is 13.4. The topological polar surface area (TPSA) is 28.7 Å². The number of benzene rings is 6. The molecule has 0 atom stereocenters. The van der Waals surface area contributed by atoms with Crippen LogP contribution in [0.3, 0.4) is 0 Å². The average molecular weight is 904 g/mol. The lowest BCUT2D eigenvalue weighted by atomic mass is 9.28. The zero-order valence-electron chi connectivity index (χ0n) is 40.7. The van der Waals surface area contributed by atoms with Crippen LogP contribution in [-0.4, -0.2) is 239 Å². The van der Waals surface area contributed by atoms with Crippen molar-refractivity contribution in [2.75, 3.05) is 16.3 Å². The van der Waals surface area contributed by atoms with Crippen LogP contribution >= 0.6 is 0 Å². The fourth-order valence-corrected chi connectivity index (χ4v) is 10.7. The monoisotopic (exact) mass is 909 g/mol. The largest absolute Gasteiger partial charge is 0.340 e. The molecular weight excluding hydrogens is 901 g/mol. The van der Waals surface area contributed by atoms with Gasteiger partial charge in [-0.25, -0.2) is 4.98 Å². The predicted octanol–water partition coefficient (Wildman–Crippen LogP) is -21.8. The Bertz CT molecular complexity index is 4230. The van der Waals surface area contributed by atoms with E-state index in [1.807, 2.05) is 0 Å². The van der Waals surface area contributed by atoms with Crippen LogP contribution in [0.5, 0.6) is 0 Å². The summed E-state index contributed by atoms with van der Waals surface area (Å²) in [7, 11) is 184.